The van der Waals surface area contributed by atoms with Gasteiger partial charge in [0.05, 0.1) is 17.8 Å². The summed E-state index contributed by atoms with van der Waals surface area (Å²) >= 11 is 6.00. The van der Waals surface area contributed by atoms with Crippen LogP contribution in [0.5, 0.6) is 0 Å². The average Bonchev–Trinajstić information content (AvgIpc) is 2.94. The molecule has 0 amide bonds. The molecule has 0 aliphatic carbocycles. The van der Waals surface area contributed by atoms with Crippen LogP contribution in [0, 0.1) is 0 Å². The number of hydrogen-bond acceptors (Lipinski definition) is 4. The zero-order valence-electron chi connectivity index (χ0n) is 10.2. The lowest BCUT2D eigenvalue weighted by Gasteiger charge is -2.09. The van der Waals surface area contributed by atoms with Crippen molar-refractivity contribution in [2.24, 2.45) is 5.73 Å². The Balaban J connectivity index is 2.42. The first-order valence-electron chi connectivity index (χ1n) is 5.61. The number of halogens is 1. The number of carbonyl (C=O) groups excluding carboxylic acids is 1. The Bertz CT molecular complexity index is 572. The summed E-state index contributed by atoms with van der Waals surface area (Å²) in [5, 5.41) is 4.41. The quantitative estimate of drug-likeness (QED) is 0.863. The van der Waals surface area contributed by atoms with Gasteiger partial charge in [-0.25, -0.2) is 0 Å². The van der Waals surface area contributed by atoms with Crippen LogP contribution >= 0.6 is 11.6 Å². The van der Waals surface area contributed by atoms with Gasteiger partial charge in [0.25, 0.3) is 0 Å². The Morgan fingerprint density at radius 2 is 2.28 bits per heavy atom. The zero-order chi connectivity index (χ0) is 13.3. The van der Waals surface area contributed by atoms with Crippen LogP contribution in [-0.2, 0) is 6.54 Å². The summed E-state index contributed by atoms with van der Waals surface area (Å²) in [6.45, 7) is 4.10. The fourth-order valence-corrected chi connectivity index (χ4v) is 1.89. The van der Waals surface area contributed by atoms with Gasteiger partial charge in [0.1, 0.15) is 11.5 Å². The molecule has 0 aliphatic heterocycles. The van der Waals surface area contributed by atoms with Gasteiger partial charge in [0.15, 0.2) is 5.76 Å². The first-order valence-corrected chi connectivity index (χ1v) is 5.99. The van der Waals surface area contributed by atoms with Crippen molar-refractivity contribution in [1.82, 2.24) is 9.78 Å². The summed E-state index contributed by atoms with van der Waals surface area (Å²) in [7, 11) is 0. The highest BCUT2D eigenvalue weighted by Gasteiger charge is 2.23. The van der Waals surface area contributed by atoms with Crippen LogP contribution in [0.25, 0.3) is 0 Å². The fourth-order valence-electron chi connectivity index (χ4n) is 1.67. The standard InChI is InChI=1S/C12H14ClN3O2/c1-7(2)16-11(9(13)6-15-16)12(17)10-4-3-8(5-14)18-10/h3-4,6-7H,5,14H2,1-2H3. The van der Waals surface area contributed by atoms with E-state index in [0.717, 1.165) is 0 Å². The summed E-state index contributed by atoms with van der Waals surface area (Å²) in [4.78, 5) is 12.3. The number of nitrogens with zero attached hydrogens (tertiary/aromatic N) is 2. The van der Waals surface area contributed by atoms with E-state index < -0.39 is 0 Å². The molecule has 96 valence electrons. The Morgan fingerprint density at radius 1 is 1.56 bits per heavy atom. The van der Waals surface area contributed by atoms with Crippen LogP contribution in [-0.4, -0.2) is 15.6 Å². The van der Waals surface area contributed by atoms with Crippen LogP contribution in [0.2, 0.25) is 5.02 Å². The number of ketones is 1. The maximum absolute atomic E-state index is 12.3. The minimum absolute atomic E-state index is 0.0420. The van der Waals surface area contributed by atoms with Gasteiger partial charge in [0.2, 0.25) is 5.78 Å². The number of rotatable bonds is 4. The molecule has 0 fully saturated rings. The topological polar surface area (TPSA) is 74.0 Å². The van der Waals surface area contributed by atoms with Crippen LogP contribution in [0.4, 0.5) is 0 Å². The van der Waals surface area contributed by atoms with Crippen molar-refractivity contribution in [2.75, 3.05) is 0 Å². The van der Waals surface area contributed by atoms with Crippen LogP contribution in [0.15, 0.2) is 22.7 Å². The Labute approximate surface area is 110 Å². The highest BCUT2D eigenvalue weighted by Crippen LogP contribution is 2.23. The SMILES string of the molecule is CC(C)n1ncc(Cl)c1C(=O)c1ccc(CN)o1. The summed E-state index contributed by atoms with van der Waals surface area (Å²) in [5.74, 6) is 0.496. The second-order valence-electron chi connectivity index (χ2n) is 4.18. The molecular formula is C12H14ClN3O2. The molecule has 0 saturated carbocycles. The molecule has 5 nitrogen and oxygen atoms in total. The summed E-state index contributed by atoms with van der Waals surface area (Å²) in [6.07, 6.45) is 1.46. The molecule has 0 saturated heterocycles. The number of nitrogens with two attached hydrogens (primary N) is 1. The summed E-state index contributed by atoms with van der Waals surface area (Å²) < 4.78 is 6.91. The molecule has 18 heavy (non-hydrogen) atoms. The first kappa shape index (κ1) is 12.9. The third-order valence-corrected chi connectivity index (χ3v) is 2.82. The van der Waals surface area contributed by atoms with Crippen molar-refractivity contribution in [3.8, 4) is 0 Å². The van der Waals surface area contributed by atoms with Gasteiger partial charge in [-0.2, -0.15) is 5.10 Å². The van der Waals surface area contributed by atoms with E-state index in [1.165, 1.54) is 6.20 Å². The van der Waals surface area contributed by atoms with Crippen LogP contribution < -0.4 is 5.73 Å². The van der Waals surface area contributed by atoms with Crippen molar-refractivity contribution < 1.29 is 9.21 Å². The van der Waals surface area contributed by atoms with Gasteiger partial charge >= 0.3 is 0 Å². The van der Waals surface area contributed by atoms with Gasteiger partial charge in [0, 0.05) is 6.04 Å². The zero-order valence-corrected chi connectivity index (χ0v) is 10.9. The van der Waals surface area contributed by atoms with Crippen LogP contribution in [0.1, 0.15) is 41.9 Å². The van der Waals surface area contributed by atoms with E-state index in [2.05, 4.69) is 5.10 Å². The lowest BCUT2D eigenvalue weighted by Crippen LogP contribution is -2.13. The molecule has 2 aromatic rings. The van der Waals surface area contributed by atoms with Gasteiger partial charge in [-0.1, -0.05) is 11.6 Å². The maximum Gasteiger partial charge on any atom is 0.247 e. The third-order valence-electron chi connectivity index (χ3n) is 2.54. The highest BCUT2D eigenvalue weighted by molar-refractivity contribution is 6.34. The molecule has 0 unspecified atom stereocenters. The lowest BCUT2D eigenvalue weighted by atomic mass is 10.2. The van der Waals surface area contributed by atoms with Crippen molar-refractivity contribution in [3.05, 3.63) is 40.6 Å². The number of hydrogen-bond donors (Lipinski definition) is 1. The summed E-state index contributed by atoms with van der Waals surface area (Å²) in [6, 6.07) is 3.32. The predicted octanol–water partition coefficient (Wildman–Crippen LogP) is 2.40. The molecule has 0 aromatic carbocycles. The second kappa shape index (κ2) is 4.96. The number of aromatic nitrogens is 2. The van der Waals surface area contributed by atoms with E-state index >= 15 is 0 Å². The van der Waals surface area contributed by atoms with Gasteiger partial charge < -0.3 is 10.2 Å². The molecule has 0 atom stereocenters. The van der Waals surface area contributed by atoms with E-state index in [0.29, 0.717) is 16.5 Å². The van der Waals surface area contributed by atoms with Gasteiger partial charge in [-0.15, -0.1) is 0 Å². The third kappa shape index (κ3) is 2.19. The van der Waals surface area contributed by atoms with Crippen molar-refractivity contribution in [2.45, 2.75) is 26.4 Å². The largest absolute Gasteiger partial charge is 0.456 e. The fraction of sp³-hybridized carbons (Fsp3) is 0.333. The molecule has 0 radical (unpaired) electrons. The smallest absolute Gasteiger partial charge is 0.247 e. The molecule has 6 heteroatoms. The second-order valence-corrected chi connectivity index (χ2v) is 4.59. The summed E-state index contributed by atoms with van der Waals surface area (Å²) in [5.41, 5.74) is 5.78. The number of carbonyl (C=O) groups is 1. The van der Waals surface area contributed by atoms with Crippen molar-refractivity contribution in [3.63, 3.8) is 0 Å². The average molecular weight is 268 g/mol. The minimum atomic E-state index is -0.286. The Kier molecular flexibility index (Phi) is 3.54. The maximum atomic E-state index is 12.3. The Hall–Kier alpha value is -1.59. The Morgan fingerprint density at radius 3 is 2.83 bits per heavy atom. The van der Waals surface area contributed by atoms with E-state index in [-0.39, 0.29) is 24.1 Å². The molecule has 2 N–H and O–H groups in total. The van der Waals surface area contributed by atoms with Crippen LogP contribution in [0.3, 0.4) is 0 Å². The van der Waals surface area contributed by atoms with E-state index in [9.17, 15) is 4.79 Å². The lowest BCUT2D eigenvalue weighted by molar-refractivity contribution is 0.0995. The molecule has 0 bridgehead atoms. The first-order chi connectivity index (χ1) is 8.54. The molecule has 0 aliphatic rings. The van der Waals surface area contributed by atoms with E-state index in [1.807, 2.05) is 13.8 Å². The van der Waals surface area contributed by atoms with Crippen molar-refractivity contribution >= 4 is 17.4 Å². The number of furan rings is 1. The molecule has 2 rings (SSSR count). The van der Waals surface area contributed by atoms with Crippen molar-refractivity contribution in [1.29, 1.82) is 0 Å². The normalized spacial score (nSPS) is 11.2. The van der Waals surface area contributed by atoms with Gasteiger partial charge in [-0.3, -0.25) is 9.48 Å². The van der Waals surface area contributed by atoms with E-state index in [4.69, 9.17) is 21.8 Å². The molecule has 0 spiro atoms. The minimum Gasteiger partial charge on any atom is -0.456 e. The van der Waals surface area contributed by atoms with Gasteiger partial charge in [-0.05, 0) is 26.0 Å². The monoisotopic (exact) mass is 267 g/mol. The molecule has 2 heterocycles. The van der Waals surface area contributed by atoms with E-state index in [1.54, 1.807) is 16.8 Å². The molecule has 2 aromatic heterocycles. The molecular weight excluding hydrogens is 254 g/mol. The highest BCUT2D eigenvalue weighted by atomic mass is 35.5. The predicted molar refractivity (Wildman–Crippen MR) is 67.7 cm³/mol.